The van der Waals surface area contributed by atoms with E-state index in [4.69, 9.17) is 10.5 Å². The first-order valence-electron chi connectivity index (χ1n) is 6.72. The van der Waals surface area contributed by atoms with E-state index in [1.54, 1.807) is 11.8 Å². The Labute approximate surface area is 144 Å². The SMILES string of the molecule is CSCC[C@H](N)C(=O)NCC(O)COc1ccc(F)c(F)c1.Cl. The van der Waals surface area contributed by atoms with E-state index in [0.717, 1.165) is 17.9 Å². The molecule has 0 aliphatic carbocycles. The molecule has 4 N–H and O–H groups in total. The van der Waals surface area contributed by atoms with Gasteiger partial charge in [0.15, 0.2) is 11.6 Å². The number of hydrogen-bond donors (Lipinski definition) is 3. The lowest BCUT2D eigenvalue weighted by atomic mass is 10.2. The minimum absolute atomic E-state index is 0. The van der Waals surface area contributed by atoms with Gasteiger partial charge in [0.05, 0.1) is 6.04 Å². The van der Waals surface area contributed by atoms with Crippen molar-refractivity contribution in [2.45, 2.75) is 18.6 Å². The van der Waals surface area contributed by atoms with Crippen molar-refractivity contribution in [2.24, 2.45) is 5.73 Å². The van der Waals surface area contributed by atoms with E-state index in [9.17, 15) is 18.7 Å². The molecule has 0 bridgehead atoms. The van der Waals surface area contributed by atoms with E-state index in [2.05, 4.69) is 5.32 Å². The highest BCUT2D eigenvalue weighted by Gasteiger charge is 2.14. The second-order valence-electron chi connectivity index (χ2n) is 4.67. The molecule has 0 aromatic heterocycles. The number of amides is 1. The van der Waals surface area contributed by atoms with Crippen LogP contribution in [0.15, 0.2) is 18.2 Å². The summed E-state index contributed by atoms with van der Waals surface area (Å²) in [5.41, 5.74) is 5.67. The van der Waals surface area contributed by atoms with Crippen LogP contribution in [0, 0.1) is 11.6 Å². The Hall–Kier alpha value is -1.09. The van der Waals surface area contributed by atoms with Crippen molar-refractivity contribution in [3.05, 3.63) is 29.8 Å². The number of nitrogens with two attached hydrogens (primary N) is 1. The van der Waals surface area contributed by atoms with Gasteiger partial charge in [-0.3, -0.25) is 4.79 Å². The predicted octanol–water partition coefficient (Wildman–Crippen LogP) is 1.32. The number of hydrogen-bond acceptors (Lipinski definition) is 5. The predicted molar refractivity (Wildman–Crippen MR) is 89.1 cm³/mol. The Morgan fingerprint density at radius 2 is 2.13 bits per heavy atom. The summed E-state index contributed by atoms with van der Waals surface area (Å²) in [5, 5.41) is 12.2. The Morgan fingerprint density at radius 3 is 2.74 bits per heavy atom. The minimum atomic E-state index is -1.03. The van der Waals surface area contributed by atoms with Gasteiger partial charge in [-0.25, -0.2) is 8.78 Å². The molecule has 0 fully saturated rings. The number of thioether (sulfide) groups is 1. The Bertz CT molecular complexity index is 497. The van der Waals surface area contributed by atoms with Gasteiger partial charge >= 0.3 is 0 Å². The molecule has 9 heteroatoms. The van der Waals surface area contributed by atoms with Crippen LogP contribution in [0.2, 0.25) is 0 Å². The normalized spacial score (nSPS) is 12.9. The number of ether oxygens (including phenoxy) is 1. The van der Waals surface area contributed by atoms with Crippen LogP contribution in [0.5, 0.6) is 5.75 Å². The van der Waals surface area contributed by atoms with Crippen molar-refractivity contribution < 1.29 is 23.4 Å². The van der Waals surface area contributed by atoms with Crippen LogP contribution >= 0.6 is 24.2 Å². The number of carbonyl (C=O) groups excluding carboxylic acids is 1. The molecule has 0 aliphatic rings. The smallest absolute Gasteiger partial charge is 0.237 e. The molecule has 0 spiro atoms. The average Bonchev–Trinajstić information content (AvgIpc) is 2.51. The first-order chi connectivity index (χ1) is 10.4. The molecule has 0 heterocycles. The third kappa shape index (κ3) is 8.36. The molecule has 23 heavy (non-hydrogen) atoms. The number of benzene rings is 1. The van der Waals surface area contributed by atoms with Crippen molar-refractivity contribution >= 4 is 30.1 Å². The molecule has 132 valence electrons. The largest absolute Gasteiger partial charge is 0.491 e. The van der Waals surface area contributed by atoms with E-state index < -0.39 is 23.8 Å². The average molecular weight is 371 g/mol. The molecule has 0 saturated heterocycles. The summed E-state index contributed by atoms with van der Waals surface area (Å²) < 4.78 is 30.8. The van der Waals surface area contributed by atoms with E-state index in [1.807, 2.05) is 6.26 Å². The first kappa shape index (κ1) is 21.9. The molecule has 1 aromatic carbocycles. The van der Waals surface area contributed by atoms with Gasteiger partial charge in [0.25, 0.3) is 0 Å². The monoisotopic (exact) mass is 370 g/mol. The summed E-state index contributed by atoms with van der Waals surface area (Å²) in [6.45, 7) is -0.194. The van der Waals surface area contributed by atoms with Crippen LogP contribution in [0.4, 0.5) is 8.78 Å². The molecule has 5 nitrogen and oxygen atoms in total. The number of nitrogens with one attached hydrogen (secondary N) is 1. The van der Waals surface area contributed by atoms with Crippen LogP contribution in [-0.2, 0) is 4.79 Å². The van der Waals surface area contributed by atoms with Crippen LogP contribution in [0.25, 0.3) is 0 Å². The minimum Gasteiger partial charge on any atom is -0.491 e. The number of carbonyl (C=O) groups is 1. The highest BCUT2D eigenvalue weighted by Crippen LogP contribution is 2.15. The maximum absolute atomic E-state index is 13.0. The fourth-order valence-electron chi connectivity index (χ4n) is 1.54. The number of halogens is 3. The zero-order valence-electron chi connectivity index (χ0n) is 12.6. The Morgan fingerprint density at radius 1 is 1.43 bits per heavy atom. The summed E-state index contributed by atoms with van der Waals surface area (Å²) in [5.74, 6) is -1.47. The van der Waals surface area contributed by atoms with Gasteiger partial charge in [0.1, 0.15) is 18.5 Å². The topological polar surface area (TPSA) is 84.6 Å². The summed E-state index contributed by atoms with van der Waals surface area (Å²) in [6.07, 6.45) is 1.49. The van der Waals surface area contributed by atoms with Crippen molar-refractivity contribution in [2.75, 3.05) is 25.2 Å². The first-order valence-corrected chi connectivity index (χ1v) is 8.11. The van der Waals surface area contributed by atoms with Crippen molar-refractivity contribution in [1.82, 2.24) is 5.32 Å². The van der Waals surface area contributed by atoms with E-state index in [1.165, 1.54) is 6.07 Å². The molecule has 0 saturated carbocycles. The lowest BCUT2D eigenvalue weighted by Crippen LogP contribution is -2.44. The van der Waals surface area contributed by atoms with Gasteiger partial charge in [0.2, 0.25) is 5.91 Å². The molecular formula is C14H21ClF2N2O3S. The summed E-state index contributed by atoms with van der Waals surface area (Å²) in [7, 11) is 0. The number of aliphatic hydroxyl groups is 1. The molecule has 0 radical (unpaired) electrons. The Kier molecular flexibility index (Phi) is 10.9. The van der Waals surface area contributed by atoms with Gasteiger partial charge in [-0.1, -0.05) is 0 Å². The molecular weight excluding hydrogens is 350 g/mol. The van der Waals surface area contributed by atoms with E-state index in [-0.39, 0.29) is 37.2 Å². The van der Waals surface area contributed by atoms with E-state index in [0.29, 0.717) is 6.42 Å². The zero-order valence-corrected chi connectivity index (χ0v) is 14.3. The van der Waals surface area contributed by atoms with Gasteiger partial charge in [-0.15, -0.1) is 12.4 Å². The van der Waals surface area contributed by atoms with Crippen LogP contribution in [0.1, 0.15) is 6.42 Å². The van der Waals surface area contributed by atoms with Crippen molar-refractivity contribution in [3.63, 3.8) is 0 Å². The molecule has 1 aromatic rings. The lowest BCUT2D eigenvalue weighted by molar-refractivity contribution is -0.122. The summed E-state index contributed by atoms with van der Waals surface area (Å²) in [4.78, 5) is 11.6. The van der Waals surface area contributed by atoms with Gasteiger partial charge in [-0.2, -0.15) is 11.8 Å². The van der Waals surface area contributed by atoms with Gasteiger partial charge in [-0.05, 0) is 30.6 Å². The van der Waals surface area contributed by atoms with E-state index >= 15 is 0 Å². The highest BCUT2D eigenvalue weighted by atomic mass is 35.5. The summed E-state index contributed by atoms with van der Waals surface area (Å²) >= 11 is 1.59. The van der Waals surface area contributed by atoms with Crippen molar-refractivity contribution in [1.29, 1.82) is 0 Å². The maximum Gasteiger partial charge on any atom is 0.237 e. The lowest BCUT2D eigenvalue weighted by Gasteiger charge is -2.15. The van der Waals surface area contributed by atoms with Gasteiger partial charge in [0, 0.05) is 12.6 Å². The molecule has 0 aliphatic heterocycles. The zero-order chi connectivity index (χ0) is 16.5. The third-order valence-corrected chi connectivity index (χ3v) is 3.46. The highest BCUT2D eigenvalue weighted by molar-refractivity contribution is 7.98. The summed E-state index contributed by atoms with van der Waals surface area (Å²) in [6, 6.07) is 2.46. The van der Waals surface area contributed by atoms with Crippen LogP contribution < -0.4 is 15.8 Å². The molecule has 1 unspecified atom stereocenters. The fourth-order valence-corrected chi connectivity index (χ4v) is 2.03. The molecule has 1 amide bonds. The standard InChI is InChI=1S/C14H20F2N2O3S.ClH/c1-22-5-4-13(17)14(20)18-7-9(19)8-21-10-2-3-11(15)12(16)6-10;/h2-3,6,9,13,19H,4-5,7-8,17H2,1H3,(H,18,20);1H/t9?,13-;/m0./s1. The number of rotatable bonds is 9. The third-order valence-electron chi connectivity index (χ3n) is 2.82. The Balaban J connectivity index is 0.00000484. The van der Waals surface area contributed by atoms with Gasteiger partial charge < -0.3 is 20.9 Å². The fraction of sp³-hybridized carbons (Fsp3) is 0.500. The van der Waals surface area contributed by atoms with Crippen LogP contribution in [0.3, 0.4) is 0 Å². The number of aliphatic hydroxyl groups excluding tert-OH is 1. The quantitative estimate of drug-likeness (QED) is 0.610. The second-order valence-corrected chi connectivity index (χ2v) is 5.66. The maximum atomic E-state index is 13.0. The van der Waals surface area contributed by atoms with Crippen molar-refractivity contribution in [3.8, 4) is 5.75 Å². The molecule has 2 atom stereocenters. The molecule has 1 rings (SSSR count). The second kappa shape index (κ2) is 11.4. The van der Waals surface area contributed by atoms with Crippen LogP contribution in [-0.4, -0.2) is 48.3 Å².